The fraction of sp³-hybridized carbons (Fsp3) is 0.182. The van der Waals surface area contributed by atoms with Crippen molar-refractivity contribution in [2.24, 2.45) is 0 Å². The van der Waals surface area contributed by atoms with Crippen LogP contribution in [0.4, 0.5) is 5.69 Å². The summed E-state index contributed by atoms with van der Waals surface area (Å²) >= 11 is 0. The Hall–Kier alpha value is -3.34. The third kappa shape index (κ3) is 4.08. The van der Waals surface area contributed by atoms with Crippen molar-refractivity contribution in [3.8, 4) is 0 Å². The Kier molecular flexibility index (Phi) is 4.75. The highest BCUT2D eigenvalue weighted by Crippen LogP contribution is 2.19. The standard InChI is InChI=1S/C22H22N4O/c1-16-6-8-17(9-7-16)14-26-15-19(13-24-26)25-22(27)11-10-18-12-23-21-5-3-2-4-20(18)21/h2-9,12-13,15,23H,10-11,14H2,1H3,(H,25,27). The lowest BCUT2D eigenvalue weighted by Crippen LogP contribution is -2.11. The number of H-pyrrole nitrogens is 1. The molecule has 0 aliphatic heterocycles. The van der Waals surface area contributed by atoms with Gasteiger partial charge in [0.2, 0.25) is 5.91 Å². The van der Waals surface area contributed by atoms with Gasteiger partial charge in [-0.05, 0) is 30.5 Å². The molecule has 0 atom stereocenters. The van der Waals surface area contributed by atoms with Crippen LogP contribution in [0.25, 0.3) is 10.9 Å². The molecule has 27 heavy (non-hydrogen) atoms. The largest absolute Gasteiger partial charge is 0.361 e. The molecule has 0 saturated carbocycles. The molecule has 2 aromatic heterocycles. The molecule has 2 N–H and O–H groups in total. The summed E-state index contributed by atoms with van der Waals surface area (Å²) in [7, 11) is 0. The molecule has 0 aliphatic rings. The number of nitrogens with one attached hydrogen (secondary N) is 2. The van der Waals surface area contributed by atoms with Crippen molar-refractivity contribution in [3.63, 3.8) is 0 Å². The summed E-state index contributed by atoms with van der Waals surface area (Å²) < 4.78 is 1.83. The minimum absolute atomic E-state index is 0.00447. The lowest BCUT2D eigenvalue weighted by Gasteiger charge is -2.03. The molecule has 0 aliphatic carbocycles. The summed E-state index contributed by atoms with van der Waals surface area (Å²) in [6.45, 7) is 2.76. The van der Waals surface area contributed by atoms with Gasteiger partial charge in [0.05, 0.1) is 18.4 Å². The molecule has 0 spiro atoms. The number of carbonyl (C=O) groups is 1. The number of carbonyl (C=O) groups excluding carboxylic acids is 1. The van der Waals surface area contributed by atoms with E-state index in [1.54, 1.807) is 6.20 Å². The zero-order valence-electron chi connectivity index (χ0n) is 15.3. The first-order valence-electron chi connectivity index (χ1n) is 9.10. The second-order valence-corrected chi connectivity index (χ2v) is 6.82. The molecular formula is C22H22N4O. The number of rotatable bonds is 6. The van der Waals surface area contributed by atoms with Crippen molar-refractivity contribution in [1.29, 1.82) is 0 Å². The number of fused-ring (bicyclic) bond motifs is 1. The Morgan fingerprint density at radius 1 is 1.15 bits per heavy atom. The Morgan fingerprint density at radius 2 is 1.96 bits per heavy atom. The second kappa shape index (κ2) is 7.50. The van der Waals surface area contributed by atoms with Crippen molar-refractivity contribution >= 4 is 22.5 Å². The third-order valence-electron chi connectivity index (χ3n) is 4.68. The fourth-order valence-electron chi connectivity index (χ4n) is 3.21. The predicted molar refractivity (Wildman–Crippen MR) is 108 cm³/mol. The monoisotopic (exact) mass is 358 g/mol. The molecule has 0 unspecified atom stereocenters. The Morgan fingerprint density at radius 3 is 2.81 bits per heavy atom. The molecule has 4 aromatic rings. The summed E-state index contributed by atoms with van der Waals surface area (Å²) in [6, 6.07) is 16.5. The molecule has 1 amide bonds. The maximum absolute atomic E-state index is 12.3. The van der Waals surface area contributed by atoms with Gasteiger partial charge >= 0.3 is 0 Å². The van der Waals surface area contributed by atoms with Gasteiger partial charge in [0, 0.05) is 29.7 Å². The number of anilines is 1. The minimum atomic E-state index is -0.00447. The van der Waals surface area contributed by atoms with Crippen LogP contribution in [0.3, 0.4) is 0 Å². The number of para-hydroxylation sites is 1. The van der Waals surface area contributed by atoms with Gasteiger partial charge in [0.1, 0.15) is 0 Å². The first-order chi connectivity index (χ1) is 13.2. The maximum atomic E-state index is 12.3. The van der Waals surface area contributed by atoms with Crippen molar-refractivity contribution in [3.05, 3.63) is 83.8 Å². The van der Waals surface area contributed by atoms with Gasteiger partial charge in [-0.1, -0.05) is 48.0 Å². The number of aromatic amines is 1. The molecule has 0 saturated heterocycles. The number of hydrogen-bond donors (Lipinski definition) is 2. The molecule has 5 heteroatoms. The van der Waals surface area contributed by atoms with Crippen LogP contribution in [-0.4, -0.2) is 20.7 Å². The van der Waals surface area contributed by atoms with E-state index in [4.69, 9.17) is 0 Å². The minimum Gasteiger partial charge on any atom is -0.361 e. The van der Waals surface area contributed by atoms with Gasteiger partial charge in [-0.3, -0.25) is 9.48 Å². The van der Waals surface area contributed by atoms with Crippen LogP contribution in [0.15, 0.2) is 67.1 Å². The average molecular weight is 358 g/mol. The van der Waals surface area contributed by atoms with E-state index in [0.717, 1.165) is 16.8 Å². The zero-order chi connectivity index (χ0) is 18.6. The first-order valence-corrected chi connectivity index (χ1v) is 9.10. The van der Waals surface area contributed by atoms with Crippen molar-refractivity contribution in [2.75, 3.05) is 5.32 Å². The highest BCUT2D eigenvalue weighted by atomic mass is 16.1. The highest BCUT2D eigenvalue weighted by Gasteiger charge is 2.08. The van der Waals surface area contributed by atoms with E-state index in [-0.39, 0.29) is 5.91 Å². The van der Waals surface area contributed by atoms with Crippen LogP contribution in [-0.2, 0) is 17.8 Å². The van der Waals surface area contributed by atoms with Crippen molar-refractivity contribution in [1.82, 2.24) is 14.8 Å². The van der Waals surface area contributed by atoms with Crippen LogP contribution >= 0.6 is 0 Å². The SMILES string of the molecule is Cc1ccc(Cn2cc(NC(=O)CCc3c[nH]c4ccccc34)cn2)cc1. The van der Waals surface area contributed by atoms with E-state index in [2.05, 4.69) is 52.7 Å². The summed E-state index contributed by atoms with van der Waals surface area (Å²) in [5.74, 6) is -0.00447. The number of amides is 1. The fourth-order valence-corrected chi connectivity index (χ4v) is 3.21. The topological polar surface area (TPSA) is 62.7 Å². The number of benzene rings is 2. The lowest BCUT2D eigenvalue weighted by molar-refractivity contribution is -0.116. The van der Waals surface area contributed by atoms with E-state index in [9.17, 15) is 4.79 Å². The molecule has 2 aromatic carbocycles. The summed E-state index contributed by atoms with van der Waals surface area (Å²) in [5.41, 5.74) is 5.41. The van der Waals surface area contributed by atoms with Crippen molar-refractivity contribution in [2.45, 2.75) is 26.3 Å². The predicted octanol–water partition coefficient (Wildman–Crippen LogP) is 4.29. The quantitative estimate of drug-likeness (QED) is 0.540. The zero-order valence-corrected chi connectivity index (χ0v) is 15.3. The van der Waals surface area contributed by atoms with Gasteiger partial charge in [-0.25, -0.2) is 0 Å². The average Bonchev–Trinajstić information content (AvgIpc) is 3.29. The van der Waals surface area contributed by atoms with Crippen LogP contribution < -0.4 is 5.32 Å². The van der Waals surface area contributed by atoms with Crippen molar-refractivity contribution < 1.29 is 4.79 Å². The van der Waals surface area contributed by atoms with E-state index < -0.39 is 0 Å². The smallest absolute Gasteiger partial charge is 0.224 e. The molecule has 0 radical (unpaired) electrons. The van der Waals surface area contributed by atoms with Crippen LogP contribution in [0.1, 0.15) is 23.1 Å². The second-order valence-electron chi connectivity index (χ2n) is 6.82. The Balaban J connectivity index is 1.33. The van der Waals surface area contributed by atoms with Gasteiger partial charge in [0.15, 0.2) is 0 Å². The summed E-state index contributed by atoms with van der Waals surface area (Å²) in [6.07, 6.45) is 6.68. The first kappa shape index (κ1) is 17.1. The third-order valence-corrected chi connectivity index (χ3v) is 4.68. The molecule has 4 rings (SSSR count). The summed E-state index contributed by atoms with van der Waals surface area (Å²) in [5, 5.41) is 8.45. The molecular weight excluding hydrogens is 336 g/mol. The van der Waals surface area contributed by atoms with Gasteiger partial charge in [0.25, 0.3) is 0 Å². The van der Waals surface area contributed by atoms with Crippen LogP contribution in [0.5, 0.6) is 0 Å². The lowest BCUT2D eigenvalue weighted by atomic mass is 10.1. The Bertz CT molecular complexity index is 1060. The van der Waals surface area contributed by atoms with E-state index >= 15 is 0 Å². The molecule has 2 heterocycles. The highest BCUT2D eigenvalue weighted by molar-refractivity contribution is 5.91. The molecule has 5 nitrogen and oxygen atoms in total. The van der Waals surface area contributed by atoms with Gasteiger partial charge in [-0.2, -0.15) is 5.10 Å². The van der Waals surface area contributed by atoms with E-state index in [1.807, 2.05) is 35.3 Å². The normalized spacial score (nSPS) is 11.0. The van der Waals surface area contributed by atoms with E-state index in [0.29, 0.717) is 19.4 Å². The number of nitrogens with zero attached hydrogens (tertiary/aromatic N) is 2. The molecule has 136 valence electrons. The van der Waals surface area contributed by atoms with Crippen LogP contribution in [0.2, 0.25) is 0 Å². The maximum Gasteiger partial charge on any atom is 0.224 e. The van der Waals surface area contributed by atoms with Gasteiger partial charge < -0.3 is 10.3 Å². The molecule has 0 bridgehead atoms. The molecule has 0 fully saturated rings. The number of aromatic nitrogens is 3. The Labute approximate surface area is 158 Å². The van der Waals surface area contributed by atoms with Crippen LogP contribution in [0, 0.1) is 6.92 Å². The van der Waals surface area contributed by atoms with Gasteiger partial charge in [-0.15, -0.1) is 0 Å². The number of hydrogen-bond acceptors (Lipinski definition) is 2. The summed E-state index contributed by atoms with van der Waals surface area (Å²) in [4.78, 5) is 15.5. The number of aryl methyl sites for hydroxylation is 2. The van der Waals surface area contributed by atoms with E-state index in [1.165, 1.54) is 16.5 Å².